The summed E-state index contributed by atoms with van der Waals surface area (Å²) in [5, 5.41) is 26.3. The summed E-state index contributed by atoms with van der Waals surface area (Å²) in [7, 11) is 0. The van der Waals surface area contributed by atoms with Crippen LogP contribution in [0.1, 0.15) is 52.0 Å². The topological polar surface area (TPSA) is 129 Å². The van der Waals surface area contributed by atoms with E-state index in [2.05, 4.69) is 31.1 Å². The first-order valence-electron chi connectivity index (χ1n) is 14.3. The summed E-state index contributed by atoms with van der Waals surface area (Å²) >= 11 is 0. The second-order valence-electron chi connectivity index (χ2n) is 11.7. The van der Waals surface area contributed by atoms with Crippen LogP contribution in [0, 0.1) is 17.7 Å². The SMILES string of the molecule is Cc1ccc(N/C(=C\C(=N)C(C)(C)C)NC(=O)NC2CCC(Oc3ccc4nnc(-c5ccccn5)n4c3)CC2)cc1. The summed E-state index contributed by atoms with van der Waals surface area (Å²) in [6, 6.07) is 17.1. The van der Waals surface area contributed by atoms with Crippen molar-refractivity contribution in [3.05, 3.63) is 84.5 Å². The number of nitrogens with zero attached hydrogens (tertiary/aromatic N) is 4. The molecule has 3 aromatic heterocycles. The van der Waals surface area contributed by atoms with E-state index in [0.717, 1.165) is 54.0 Å². The van der Waals surface area contributed by atoms with Crippen LogP contribution in [0.2, 0.25) is 0 Å². The predicted octanol–water partition coefficient (Wildman–Crippen LogP) is 6.11. The maximum atomic E-state index is 13.0. The predicted molar refractivity (Wildman–Crippen MR) is 165 cm³/mol. The maximum absolute atomic E-state index is 13.0. The molecule has 1 aromatic carbocycles. The molecule has 0 atom stereocenters. The molecule has 5 rings (SSSR count). The molecule has 1 saturated carbocycles. The zero-order valence-electron chi connectivity index (χ0n) is 24.5. The fourth-order valence-corrected chi connectivity index (χ4v) is 4.73. The molecule has 3 heterocycles. The first-order valence-corrected chi connectivity index (χ1v) is 14.3. The van der Waals surface area contributed by atoms with Gasteiger partial charge in [-0.25, -0.2) is 4.79 Å². The number of pyridine rings is 2. The van der Waals surface area contributed by atoms with Crippen LogP contribution in [-0.4, -0.2) is 43.5 Å². The van der Waals surface area contributed by atoms with E-state index in [4.69, 9.17) is 10.1 Å². The standard InChI is InChI=1S/C32H38N8O2/c1-21-8-10-22(11-9-21)35-28(19-27(33)32(2,3)4)37-31(41)36-23-12-14-24(15-13-23)42-25-16-17-29-38-39-30(40(29)20-25)26-7-5-6-18-34-26/h5-11,16-20,23-24,33,35H,12-15H2,1-4H3,(H2,36,37,41)/b28-19+,33-27?. The number of allylic oxidation sites excluding steroid dienone is 1. The molecule has 0 aliphatic heterocycles. The highest BCUT2D eigenvalue weighted by Gasteiger charge is 2.25. The van der Waals surface area contributed by atoms with Gasteiger partial charge in [0.2, 0.25) is 0 Å². The smallest absolute Gasteiger partial charge is 0.320 e. The number of aromatic nitrogens is 4. The van der Waals surface area contributed by atoms with Crippen molar-refractivity contribution < 1.29 is 9.53 Å². The number of aryl methyl sites for hydroxylation is 1. The van der Waals surface area contributed by atoms with Crippen molar-refractivity contribution in [2.75, 3.05) is 5.32 Å². The Labute approximate surface area is 246 Å². The molecule has 218 valence electrons. The van der Waals surface area contributed by atoms with Crippen molar-refractivity contribution in [2.24, 2.45) is 5.41 Å². The summed E-state index contributed by atoms with van der Waals surface area (Å²) in [6.45, 7) is 7.94. The quantitative estimate of drug-likeness (QED) is 0.191. The number of anilines is 1. The molecule has 4 N–H and O–H groups in total. The van der Waals surface area contributed by atoms with Gasteiger partial charge in [-0.15, -0.1) is 10.2 Å². The number of rotatable bonds is 8. The number of nitrogens with one attached hydrogen (secondary N) is 4. The molecule has 0 radical (unpaired) electrons. The summed E-state index contributed by atoms with van der Waals surface area (Å²) in [4.78, 5) is 17.4. The average molecular weight is 567 g/mol. The number of carbonyl (C=O) groups excluding carboxylic acids is 1. The Morgan fingerprint density at radius 1 is 1.02 bits per heavy atom. The number of hydrogen-bond acceptors (Lipinski definition) is 7. The summed E-state index contributed by atoms with van der Waals surface area (Å²) < 4.78 is 8.22. The van der Waals surface area contributed by atoms with Crippen LogP contribution in [0.5, 0.6) is 5.75 Å². The average Bonchev–Trinajstić information content (AvgIpc) is 3.38. The lowest BCUT2D eigenvalue weighted by Crippen LogP contribution is -2.45. The van der Waals surface area contributed by atoms with Crippen LogP contribution in [0.3, 0.4) is 0 Å². The van der Waals surface area contributed by atoms with Gasteiger partial charge in [0.25, 0.3) is 0 Å². The number of urea groups is 1. The zero-order chi connectivity index (χ0) is 29.7. The molecule has 2 amide bonds. The Bertz CT molecular complexity index is 1560. The van der Waals surface area contributed by atoms with Gasteiger partial charge >= 0.3 is 6.03 Å². The van der Waals surface area contributed by atoms with Gasteiger partial charge in [-0.2, -0.15) is 0 Å². The van der Waals surface area contributed by atoms with Crippen molar-refractivity contribution in [1.29, 1.82) is 5.41 Å². The van der Waals surface area contributed by atoms with E-state index in [1.165, 1.54) is 0 Å². The molecule has 1 aliphatic carbocycles. The minimum absolute atomic E-state index is 0.0311. The van der Waals surface area contributed by atoms with E-state index >= 15 is 0 Å². The lowest BCUT2D eigenvalue weighted by Gasteiger charge is -2.29. The van der Waals surface area contributed by atoms with Crippen LogP contribution >= 0.6 is 0 Å². The molecule has 0 unspecified atom stereocenters. The maximum Gasteiger partial charge on any atom is 0.320 e. The third-order valence-electron chi connectivity index (χ3n) is 7.26. The molecule has 10 heteroatoms. The van der Waals surface area contributed by atoms with Gasteiger partial charge < -0.3 is 20.8 Å². The molecule has 0 saturated heterocycles. The molecule has 4 aromatic rings. The highest BCUT2D eigenvalue weighted by molar-refractivity contribution is 5.97. The Hall–Kier alpha value is -4.73. The van der Waals surface area contributed by atoms with Gasteiger partial charge in [-0.05, 0) is 69.0 Å². The molecule has 42 heavy (non-hydrogen) atoms. The summed E-state index contributed by atoms with van der Waals surface area (Å²) in [5.74, 6) is 1.87. The number of amides is 2. The lowest BCUT2D eigenvalue weighted by molar-refractivity contribution is 0.140. The first kappa shape index (κ1) is 28.8. The van der Waals surface area contributed by atoms with Gasteiger partial charge in [-0.3, -0.25) is 14.7 Å². The van der Waals surface area contributed by atoms with Crippen molar-refractivity contribution in [1.82, 2.24) is 30.2 Å². The third kappa shape index (κ3) is 7.31. The first-order chi connectivity index (χ1) is 20.1. The number of carbonyl (C=O) groups is 1. The van der Waals surface area contributed by atoms with Crippen molar-refractivity contribution in [3.8, 4) is 17.3 Å². The van der Waals surface area contributed by atoms with Crippen LogP contribution in [0.4, 0.5) is 10.5 Å². The Morgan fingerprint density at radius 2 is 1.79 bits per heavy atom. The minimum Gasteiger partial charge on any atom is -0.489 e. The van der Waals surface area contributed by atoms with Crippen molar-refractivity contribution in [2.45, 2.75) is 65.5 Å². The highest BCUT2D eigenvalue weighted by atomic mass is 16.5. The number of benzene rings is 1. The Kier molecular flexibility index (Phi) is 8.51. The number of fused-ring (bicyclic) bond motifs is 1. The Balaban J connectivity index is 1.17. The zero-order valence-corrected chi connectivity index (χ0v) is 24.5. The molecular weight excluding hydrogens is 528 g/mol. The monoisotopic (exact) mass is 566 g/mol. The lowest BCUT2D eigenvalue weighted by atomic mass is 9.90. The fraction of sp³-hybridized carbons (Fsp3) is 0.344. The molecule has 1 aliphatic rings. The van der Waals surface area contributed by atoms with E-state index in [1.807, 2.05) is 92.9 Å². The largest absolute Gasteiger partial charge is 0.489 e. The van der Waals surface area contributed by atoms with Crippen LogP contribution in [-0.2, 0) is 0 Å². The fourth-order valence-electron chi connectivity index (χ4n) is 4.73. The van der Waals surface area contributed by atoms with E-state index in [-0.39, 0.29) is 23.6 Å². The van der Waals surface area contributed by atoms with Gasteiger partial charge in [-0.1, -0.05) is 44.5 Å². The summed E-state index contributed by atoms with van der Waals surface area (Å²) in [5.41, 5.74) is 3.51. The molecule has 0 spiro atoms. The van der Waals surface area contributed by atoms with Crippen LogP contribution in [0.15, 0.2) is 78.9 Å². The van der Waals surface area contributed by atoms with Gasteiger partial charge in [0, 0.05) is 35.1 Å². The molecule has 10 nitrogen and oxygen atoms in total. The van der Waals surface area contributed by atoms with E-state index < -0.39 is 0 Å². The normalized spacial score (nSPS) is 17.5. The highest BCUT2D eigenvalue weighted by Crippen LogP contribution is 2.26. The van der Waals surface area contributed by atoms with Gasteiger partial charge in [0.1, 0.15) is 17.3 Å². The Morgan fingerprint density at radius 3 is 2.48 bits per heavy atom. The van der Waals surface area contributed by atoms with Crippen LogP contribution in [0.25, 0.3) is 17.2 Å². The molecular formula is C32H38N8O2. The number of ether oxygens (including phenoxy) is 1. The second kappa shape index (κ2) is 12.4. The minimum atomic E-state index is -0.352. The number of hydrogen-bond donors (Lipinski definition) is 4. The van der Waals surface area contributed by atoms with Gasteiger partial charge in [0.15, 0.2) is 11.5 Å². The molecule has 1 fully saturated rings. The summed E-state index contributed by atoms with van der Waals surface area (Å²) in [6.07, 6.45) is 8.59. The molecule has 0 bridgehead atoms. The van der Waals surface area contributed by atoms with E-state index in [9.17, 15) is 4.79 Å². The van der Waals surface area contributed by atoms with E-state index in [0.29, 0.717) is 17.4 Å². The van der Waals surface area contributed by atoms with Gasteiger partial charge in [0.05, 0.1) is 12.3 Å². The third-order valence-corrected chi connectivity index (χ3v) is 7.26. The van der Waals surface area contributed by atoms with E-state index in [1.54, 1.807) is 12.3 Å². The second-order valence-corrected chi connectivity index (χ2v) is 11.7. The van der Waals surface area contributed by atoms with Crippen molar-refractivity contribution >= 4 is 23.1 Å². The van der Waals surface area contributed by atoms with Crippen molar-refractivity contribution in [3.63, 3.8) is 0 Å². The van der Waals surface area contributed by atoms with Crippen LogP contribution < -0.4 is 20.7 Å².